The van der Waals surface area contributed by atoms with E-state index in [9.17, 15) is 5.11 Å². The van der Waals surface area contributed by atoms with Crippen molar-refractivity contribution in [3.8, 4) is 0 Å². The molecular weight excluding hydrogens is 381 g/mol. The first kappa shape index (κ1) is 18.3. The number of rotatable bonds is 4. The third kappa shape index (κ3) is 5.50. The van der Waals surface area contributed by atoms with E-state index in [4.69, 9.17) is 4.42 Å². The highest BCUT2D eigenvalue weighted by Gasteiger charge is 2.29. The summed E-state index contributed by atoms with van der Waals surface area (Å²) in [5, 5.41) is 13.8. The Morgan fingerprint density at radius 3 is 2.71 bits per heavy atom. The Hall–Kier alpha value is -0.760. The van der Waals surface area contributed by atoms with Crippen molar-refractivity contribution in [3.05, 3.63) is 24.2 Å². The maximum Gasteiger partial charge on any atom is 0.193 e. The molecule has 1 aromatic rings. The third-order valence-electron chi connectivity index (χ3n) is 3.91. The lowest BCUT2D eigenvalue weighted by molar-refractivity contribution is 0.00818. The number of halogens is 1. The quantitative estimate of drug-likeness (QED) is 0.458. The van der Waals surface area contributed by atoms with Crippen molar-refractivity contribution < 1.29 is 9.52 Å². The highest BCUT2D eigenvalue weighted by Crippen LogP contribution is 2.27. The molecule has 1 saturated carbocycles. The van der Waals surface area contributed by atoms with Gasteiger partial charge in [-0.25, -0.2) is 0 Å². The second-order valence-electron chi connectivity index (χ2n) is 5.62. The Bertz CT molecular complexity index is 428. The SMILES string of the molecule is CN=C(NCC1(O)CCCCC1)N(C)Cc1ccco1.I. The first-order valence-corrected chi connectivity index (χ1v) is 7.29. The summed E-state index contributed by atoms with van der Waals surface area (Å²) < 4.78 is 5.34. The van der Waals surface area contributed by atoms with Crippen LogP contribution in [0, 0.1) is 0 Å². The molecule has 1 aliphatic rings. The van der Waals surface area contributed by atoms with E-state index in [1.54, 1.807) is 13.3 Å². The van der Waals surface area contributed by atoms with Gasteiger partial charge in [-0.3, -0.25) is 4.99 Å². The van der Waals surface area contributed by atoms with E-state index in [0.29, 0.717) is 13.1 Å². The minimum absolute atomic E-state index is 0. The van der Waals surface area contributed by atoms with Crippen LogP contribution in [-0.2, 0) is 6.54 Å². The second-order valence-corrected chi connectivity index (χ2v) is 5.62. The van der Waals surface area contributed by atoms with Crippen LogP contribution in [0.1, 0.15) is 37.9 Å². The summed E-state index contributed by atoms with van der Waals surface area (Å²) in [7, 11) is 3.72. The zero-order valence-electron chi connectivity index (χ0n) is 12.8. The van der Waals surface area contributed by atoms with Crippen LogP contribution in [0.3, 0.4) is 0 Å². The van der Waals surface area contributed by atoms with Crippen molar-refractivity contribution in [2.24, 2.45) is 4.99 Å². The largest absolute Gasteiger partial charge is 0.467 e. The third-order valence-corrected chi connectivity index (χ3v) is 3.91. The smallest absolute Gasteiger partial charge is 0.193 e. The number of hydrogen-bond acceptors (Lipinski definition) is 3. The summed E-state index contributed by atoms with van der Waals surface area (Å²) in [6.45, 7) is 1.22. The molecule has 0 radical (unpaired) electrons. The van der Waals surface area contributed by atoms with E-state index in [2.05, 4.69) is 10.3 Å². The lowest BCUT2D eigenvalue weighted by atomic mass is 9.85. The predicted octanol–water partition coefficient (Wildman–Crippen LogP) is 2.60. The fourth-order valence-electron chi connectivity index (χ4n) is 2.73. The van der Waals surface area contributed by atoms with Gasteiger partial charge in [-0.15, -0.1) is 24.0 Å². The van der Waals surface area contributed by atoms with Gasteiger partial charge in [0.25, 0.3) is 0 Å². The Labute approximate surface area is 143 Å². The molecule has 0 bridgehead atoms. The maximum atomic E-state index is 10.5. The van der Waals surface area contributed by atoms with Gasteiger partial charge in [-0.05, 0) is 25.0 Å². The number of aliphatic imine (C=N–C) groups is 1. The molecule has 0 atom stereocenters. The number of aliphatic hydroxyl groups is 1. The summed E-state index contributed by atoms with van der Waals surface area (Å²) in [5.41, 5.74) is -0.584. The first-order valence-electron chi connectivity index (χ1n) is 7.29. The molecule has 0 aliphatic heterocycles. The normalized spacial score (nSPS) is 18.0. The average molecular weight is 407 g/mol. The first-order chi connectivity index (χ1) is 9.63. The van der Waals surface area contributed by atoms with E-state index in [0.717, 1.165) is 37.4 Å². The van der Waals surface area contributed by atoms with E-state index in [-0.39, 0.29) is 24.0 Å². The van der Waals surface area contributed by atoms with Crippen molar-refractivity contribution in [2.75, 3.05) is 20.6 Å². The molecule has 6 heteroatoms. The van der Waals surface area contributed by atoms with Gasteiger partial charge in [-0.1, -0.05) is 19.3 Å². The molecule has 1 heterocycles. The second kappa shape index (κ2) is 8.63. The van der Waals surface area contributed by atoms with Crippen LogP contribution in [-0.4, -0.2) is 42.2 Å². The van der Waals surface area contributed by atoms with Crippen LogP contribution in [0.15, 0.2) is 27.8 Å². The number of furan rings is 1. The molecule has 2 N–H and O–H groups in total. The van der Waals surface area contributed by atoms with Crippen molar-refractivity contribution in [1.82, 2.24) is 10.2 Å². The minimum atomic E-state index is -0.584. The minimum Gasteiger partial charge on any atom is -0.467 e. The zero-order valence-corrected chi connectivity index (χ0v) is 15.2. The van der Waals surface area contributed by atoms with Gasteiger partial charge in [0.15, 0.2) is 5.96 Å². The van der Waals surface area contributed by atoms with Gasteiger partial charge in [0, 0.05) is 20.6 Å². The number of guanidine groups is 1. The number of nitrogens with zero attached hydrogens (tertiary/aromatic N) is 2. The molecule has 0 spiro atoms. The van der Waals surface area contributed by atoms with E-state index >= 15 is 0 Å². The molecule has 120 valence electrons. The van der Waals surface area contributed by atoms with E-state index in [1.165, 1.54) is 6.42 Å². The zero-order chi connectivity index (χ0) is 14.4. The molecule has 2 rings (SSSR count). The van der Waals surface area contributed by atoms with Crippen LogP contribution in [0.5, 0.6) is 0 Å². The Kier molecular flexibility index (Phi) is 7.51. The molecule has 1 aromatic heterocycles. The molecule has 1 aliphatic carbocycles. The molecular formula is C15H26IN3O2. The number of nitrogens with one attached hydrogen (secondary N) is 1. The highest BCUT2D eigenvalue weighted by atomic mass is 127. The highest BCUT2D eigenvalue weighted by molar-refractivity contribution is 14.0. The number of hydrogen-bond donors (Lipinski definition) is 2. The lowest BCUT2D eigenvalue weighted by Crippen LogP contribution is -2.48. The molecule has 0 amide bonds. The summed E-state index contributed by atoms with van der Waals surface area (Å²) in [5.74, 6) is 1.67. The fraction of sp³-hybridized carbons (Fsp3) is 0.667. The van der Waals surface area contributed by atoms with Crippen molar-refractivity contribution >= 4 is 29.9 Å². The lowest BCUT2D eigenvalue weighted by Gasteiger charge is -2.33. The Morgan fingerprint density at radius 2 is 2.14 bits per heavy atom. The summed E-state index contributed by atoms with van der Waals surface area (Å²) >= 11 is 0. The molecule has 0 saturated heterocycles. The van der Waals surface area contributed by atoms with Gasteiger partial charge in [0.05, 0.1) is 18.4 Å². The predicted molar refractivity (Wildman–Crippen MR) is 95.0 cm³/mol. The van der Waals surface area contributed by atoms with Crippen LogP contribution in [0.4, 0.5) is 0 Å². The van der Waals surface area contributed by atoms with E-state index in [1.807, 2.05) is 24.1 Å². The molecule has 1 fully saturated rings. The van der Waals surface area contributed by atoms with Gasteiger partial charge >= 0.3 is 0 Å². The maximum absolute atomic E-state index is 10.5. The molecule has 21 heavy (non-hydrogen) atoms. The summed E-state index contributed by atoms with van der Waals surface area (Å²) in [6, 6.07) is 3.82. The summed E-state index contributed by atoms with van der Waals surface area (Å²) in [6.07, 6.45) is 6.87. The van der Waals surface area contributed by atoms with Gasteiger partial charge in [0.1, 0.15) is 5.76 Å². The van der Waals surface area contributed by atoms with Crippen LogP contribution >= 0.6 is 24.0 Å². The summed E-state index contributed by atoms with van der Waals surface area (Å²) in [4.78, 5) is 6.25. The molecule has 0 unspecified atom stereocenters. The Balaban J connectivity index is 0.00000220. The van der Waals surface area contributed by atoms with Crippen molar-refractivity contribution in [1.29, 1.82) is 0 Å². The van der Waals surface area contributed by atoms with Crippen LogP contribution in [0.2, 0.25) is 0 Å². The Morgan fingerprint density at radius 1 is 1.43 bits per heavy atom. The topological polar surface area (TPSA) is 61.0 Å². The monoisotopic (exact) mass is 407 g/mol. The van der Waals surface area contributed by atoms with Gasteiger partial charge in [0.2, 0.25) is 0 Å². The van der Waals surface area contributed by atoms with Crippen molar-refractivity contribution in [2.45, 2.75) is 44.2 Å². The van der Waals surface area contributed by atoms with E-state index < -0.39 is 5.60 Å². The van der Waals surface area contributed by atoms with Gasteiger partial charge < -0.3 is 19.7 Å². The van der Waals surface area contributed by atoms with Gasteiger partial charge in [-0.2, -0.15) is 0 Å². The molecule has 0 aromatic carbocycles. The van der Waals surface area contributed by atoms with Crippen LogP contribution in [0.25, 0.3) is 0 Å². The molecule has 5 nitrogen and oxygen atoms in total. The average Bonchev–Trinajstić information content (AvgIpc) is 2.93. The van der Waals surface area contributed by atoms with Crippen molar-refractivity contribution in [3.63, 3.8) is 0 Å². The fourth-order valence-corrected chi connectivity index (χ4v) is 2.73. The van der Waals surface area contributed by atoms with Crippen LogP contribution < -0.4 is 5.32 Å². The standard InChI is InChI=1S/C15H25N3O2.HI/c1-16-14(18(2)11-13-7-6-10-20-13)17-12-15(19)8-4-3-5-9-15;/h6-7,10,19H,3-5,8-9,11-12H2,1-2H3,(H,16,17);1H.